The van der Waals surface area contributed by atoms with Gasteiger partial charge in [0.05, 0.1) is 28.2 Å². The fraction of sp³-hybridized carbons (Fsp3) is 0.0635. The van der Waals surface area contributed by atoms with Crippen LogP contribution in [-0.2, 0) is 5.41 Å². The average molecular weight is 859 g/mol. The third-order valence-corrected chi connectivity index (χ3v) is 14.5. The van der Waals surface area contributed by atoms with Crippen LogP contribution in [0, 0.1) is 0 Å². The Balaban J connectivity index is 0.975. The Bertz CT molecular complexity index is 3410. The van der Waals surface area contributed by atoms with Gasteiger partial charge < -0.3 is 14.7 Å². The Morgan fingerprint density at radius 1 is 0.463 bits per heavy atom. The summed E-state index contributed by atoms with van der Waals surface area (Å²) in [5.41, 5.74) is 22.3. The SMILES string of the molecule is C=Nc1ccccc1N1CN(c2ccccc2)c2ccc(-c3cccc(N(c4ccc(C5C=CC=CC5)cc4)c4ccc5c(c4)C4(c6ccccc6-c6ccccc64)c4ccccc4-5)c3)cc21. The van der Waals surface area contributed by atoms with E-state index in [1.165, 1.54) is 50.1 Å². The Morgan fingerprint density at radius 2 is 1.09 bits per heavy atom. The van der Waals surface area contributed by atoms with Gasteiger partial charge in [-0.3, -0.25) is 4.99 Å². The molecule has 67 heavy (non-hydrogen) atoms. The topological polar surface area (TPSA) is 22.1 Å². The maximum absolute atomic E-state index is 4.44. The van der Waals surface area contributed by atoms with Gasteiger partial charge in [-0.25, -0.2) is 0 Å². The minimum atomic E-state index is -0.447. The van der Waals surface area contributed by atoms with Crippen LogP contribution in [0.1, 0.15) is 40.2 Å². The molecule has 4 heteroatoms. The summed E-state index contributed by atoms with van der Waals surface area (Å²) in [7, 11) is 0. The van der Waals surface area contributed by atoms with Gasteiger partial charge in [-0.1, -0.05) is 164 Å². The minimum Gasteiger partial charge on any atom is -0.321 e. The molecule has 0 fully saturated rings. The first-order valence-electron chi connectivity index (χ1n) is 23.3. The van der Waals surface area contributed by atoms with Crippen LogP contribution in [0.15, 0.2) is 242 Å². The van der Waals surface area contributed by atoms with Crippen LogP contribution in [-0.4, -0.2) is 13.4 Å². The molecular formula is C63H46N4. The number of nitrogens with zero attached hydrogens (tertiary/aromatic N) is 4. The molecule has 4 nitrogen and oxygen atoms in total. The van der Waals surface area contributed by atoms with Gasteiger partial charge >= 0.3 is 0 Å². The second kappa shape index (κ2) is 15.6. The molecule has 0 amide bonds. The monoisotopic (exact) mass is 858 g/mol. The Labute approximate surface area is 392 Å². The van der Waals surface area contributed by atoms with Crippen LogP contribution in [0.4, 0.5) is 45.5 Å². The highest BCUT2D eigenvalue weighted by molar-refractivity contribution is 5.97. The van der Waals surface area contributed by atoms with Crippen molar-refractivity contribution < 1.29 is 0 Å². The lowest BCUT2D eigenvalue weighted by molar-refractivity contribution is 0.793. The third kappa shape index (κ3) is 6.03. The van der Waals surface area contributed by atoms with E-state index in [0.717, 1.165) is 63.0 Å². The van der Waals surface area contributed by atoms with Crippen LogP contribution in [0.5, 0.6) is 0 Å². The lowest BCUT2D eigenvalue weighted by Crippen LogP contribution is -2.26. The molecule has 0 N–H and O–H groups in total. The second-order valence-electron chi connectivity index (χ2n) is 17.9. The number of fused-ring (bicyclic) bond motifs is 11. The van der Waals surface area contributed by atoms with Crippen LogP contribution in [0.3, 0.4) is 0 Å². The predicted molar refractivity (Wildman–Crippen MR) is 280 cm³/mol. The summed E-state index contributed by atoms with van der Waals surface area (Å²) in [6, 6.07) is 78.4. The molecule has 3 aliphatic carbocycles. The van der Waals surface area contributed by atoms with E-state index in [1.807, 2.05) is 12.1 Å². The number of aliphatic imine (C=N–C) groups is 1. The molecule has 0 saturated heterocycles. The number of benzene rings is 9. The van der Waals surface area contributed by atoms with E-state index < -0.39 is 5.41 Å². The smallest absolute Gasteiger partial charge is 0.100 e. The van der Waals surface area contributed by atoms with Crippen LogP contribution >= 0.6 is 0 Å². The van der Waals surface area contributed by atoms with E-state index in [4.69, 9.17) is 0 Å². The molecule has 0 bridgehead atoms. The Morgan fingerprint density at radius 3 is 1.79 bits per heavy atom. The molecule has 0 saturated carbocycles. The number of rotatable bonds is 8. The maximum Gasteiger partial charge on any atom is 0.100 e. The standard InChI is InChI=1S/C63H46N4/c1-64-59-29-14-15-30-60(59)66-42-65(47-20-6-3-7-21-47)61-38-33-46(40-62(61)66)45-19-16-22-49(39-45)67(48-34-31-44(32-35-48)43-17-4-2-5-18-43)50-36-37-54-53-25-10-13-28-57(53)63(58(54)41-50)55-26-11-8-23-51(55)52-24-9-12-27-56(52)63/h2-17,19-41,43H,1,18,42H2. The van der Waals surface area contributed by atoms with Gasteiger partial charge in [0.15, 0.2) is 0 Å². The van der Waals surface area contributed by atoms with Crippen molar-refractivity contribution in [3.05, 3.63) is 264 Å². The molecule has 1 heterocycles. The average Bonchev–Trinajstić information content (AvgIpc) is 4.04. The first-order valence-corrected chi connectivity index (χ1v) is 23.3. The Hall–Kier alpha value is -8.47. The van der Waals surface area contributed by atoms with E-state index in [0.29, 0.717) is 12.6 Å². The molecule has 1 atom stereocenters. The summed E-state index contributed by atoms with van der Waals surface area (Å²) in [5.74, 6) is 0.364. The summed E-state index contributed by atoms with van der Waals surface area (Å²) >= 11 is 0. The first kappa shape index (κ1) is 38.9. The minimum absolute atomic E-state index is 0.364. The molecule has 0 radical (unpaired) electrons. The van der Waals surface area contributed by atoms with Crippen molar-refractivity contribution in [3.63, 3.8) is 0 Å². The number of hydrogen-bond donors (Lipinski definition) is 0. The summed E-state index contributed by atoms with van der Waals surface area (Å²) < 4.78 is 0. The molecule has 4 aliphatic rings. The molecule has 9 aromatic rings. The van der Waals surface area contributed by atoms with Crippen molar-refractivity contribution in [2.75, 3.05) is 21.4 Å². The van der Waals surface area contributed by atoms with E-state index in [2.05, 4.69) is 251 Å². The highest BCUT2D eigenvalue weighted by Gasteiger charge is 2.51. The van der Waals surface area contributed by atoms with Gasteiger partial charge in [-0.05, 0) is 147 Å². The Kier molecular flexibility index (Phi) is 9.07. The quantitative estimate of drug-likeness (QED) is 0.142. The highest BCUT2D eigenvalue weighted by Crippen LogP contribution is 2.63. The molecule has 13 rings (SSSR count). The lowest BCUT2D eigenvalue weighted by atomic mass is 9.70. The van der Waals surface area contributed by atoms with Crippen molar-refractivity contribution >= 4 is 52.2 Å². The van der Waals surface area contributed by atoms with Gasteiger partial charge in [0, 0.05) is 28.7 Å². The van der Waals surface area contributed by atoms with Gasteiger partial charge in [0.1, 0.15) is 6.67 Å². The highest BCUT2D eigenvalue weighted by atomic mass is 15.4. The van der Waals surface area contributed by atoms with Gasteiger partial charge in [0.2, 0.25) is 0 Å². The van der Waals surface area contributed by atoms with Gasteiger partial charge in [-0.2, -0.15) is 0 Å². The number of para-hydroxylation sites is 3. The summed E-state index contributed by atoms with van der Waals surface area (Å²) in [5, 5.41) is 0. The van der Waals surface area contributed by atoms with E-state index in [-0.39, 0.29) is 0 Å². The van der Waals surface area contributed by atoms with Crippen LogP contribution in [0.2, 0.25) is 0 Å². The normalized spacial score (nSPS) is 15.5. The van der Waals surface area contributed by atoms with Crippen molar-refractivity contribution in [2.45, 2.75) is 17.8 Å². The maximum atomic E-state index is 4.44. The lowest BCUT2D eigenvalue weighted by Gasteiger charge is -2.32. The number of anilines is 7. The molecule has 0 aromatic heterocycles. The number of allylic oxidation sites excluding steroid dienone is 4. The van der Waals surface area contributed by atoms with Crippen molar-refractivity contribution in [2.24, 2.45) is 4.99 Å². The summed E-state index contributed by atoms with van der Waals surface area (Å²) in [6.07, 6.45) is 9.91. The van der Waals surface area contributed by atoms with E-state index >= 15 is 0 Å². The second-order valence-corrected chi connectivity index (χ2v) is 17.9. The predicted octanol–water partition coefficient (Wildman–Crippen LogP) is 16.3. The van der Waals surface area contributed by atoms with E-state index in [9.17, 15) is 0 Å². The molecule has 9 aromatic carbocycles. The van der Waals surface area contributed by atoms with Gasteiger partial charge in [0.25, 0.3) is 0 Å². The van der Waals surface area contributed by atoms with Crippen molar-refractivity contribution in [1.82, 2.24) is 0 Å². The first-order chi connectivity index (χ1) is 33.2. The van der Waals surface area contributed by atoms with Crippen LogP contribution < -0.4 is 14.7 Å². The molecule has 1 spiro atoms. The molecule has 318 valence electrons. The van der Waals surface area contributed by atoms with Crippen molar-refractivity contribution in [1.29, 1.82) is 0 Å². The number of hydrogen-bond acceptors (Lipinski definition) is 4. The zero-order valence-corrected chi connectivity index (χ0v) is 37.0. The fourth-order valence-corrected chi connectivity index (χ4v) is 11.5. The van der Waals surface area contributed by atoms with Crippen molar-refractivity contribution in [3.8, 4) is 33.4 Å². The van der Waals surface area contributed by atoms with Crippen LogP contribution in [0.25, 0.3) is 33.4 Å². The molecule has 1 unspecified atom stereocenters. The molecule has 1 aliphatic heterocycles. The molecular weight excluding hydrogens is 813 g/mol. The largest absolute Gasteiger partial charge is 0.321 e. The third-order valence-electron chi connectivity index (χ3n) is 14.5. The van der Waals surface area contributed by atoms with E-state index in [1.54, 1.807) is 0 Å². The zero-order chi connectivity index (χ0) is 44.5. The fourth-order valence-electron chi connectivity index (χ4n) is 11.5. The van der Waals surface area contributed by atoms with Gasteiger partial charge in [-0.15, -0.1) is 0 Å². The summed E-state index contributed by atoms with van der Waals surface area (Å²) in [6.45, 7) is 4.59. The summed E-state index contributed by atoms with van der Waals surface area (Å²) in [4.78, 5) is 11.6. The zero-order valence-electron chi connectivity index (χ0n) is 37.0.